The van der Waals surface area contributed by atoms with E-state index in [-0.39, 0.29) is 0 Å². The van der Waals surface area contributed by atoms with Gasteiger partial charge in [0, 0.05) is 30.5 Å². The number of ether oxygens (including phenoxy) is 2. The number of methoxy groups -OCH3 is 1. The third kappa shape index (κ3) is 4.44. The molecule has 0 saturated heterocycles. The van der Waals surface area contributed by atoms with Crippen molar-refractivity contribution in [3.8, 4) is 17.2 Å². The Bertz CT molecular complexity index is 603. The van der Waals surface area contributed by atoms with Crippen LogP contribution in [0.1, 0.15) is 19.4 Å². The minimum Gasteiger partial charge on any atom is -0.497 e. The molecule has 0 fully saturated rings. The summed E-state index contributed by atoms with van der Waals surface area (Å²) in [7, 11) is 1.64. The monoisotopic (exact) mass is 350 g/mol. The molecule has 2 rings (SSSR count). The molecule has 0 unspecified atom stereocenters. The second-order valence-corrected chi connectivity index (χ2v) is 5.77. The van der Waals surface area contributed by atoms with E-state index in [9.17, 15) is 0 Å². The lowest BCUT2D eigenvalue weighted by molar-refractivity contribution is 0.412. The maximum atomic E-state index is 5.99. The summed E-state index contributed by atoms with van der Waals surface area (Å²) in [4.78, 5) is 4.16. The molecular weight excluding hydrogens is 332 g/mol. The normalized spacial score (nSPS) is 10.7. The molecule has 0 bridgehead atoms. The van der Waals surface area contributed by atoms with E-state index in [1.165, 1.54) is 0 Å². The van der Waals surface area contributed by atoms with Gasteiger partial charge >= 0.3 is 0 Å². The lowest BCUT2D eigenvalue weighted by atomic mass is 10.2. The molecule has 1 N–H and O–H groups in total. The molecule has 0 aliphatic carbocycles. The van der Waals surface area contributed by atoms with Gasteiger partial charge in [0.15, 0.2) is 0 Å². The Morgan fingerprint density at radius 2 is 2.05 bits per heavy atom. The van der Waals surface area contributed by atoms with Gasteiger partial charge in [0.1, 0.15) is 17.2 Å². The number of hydrogen-bond acceptors (Lipinski definition) is 4. The smallest absolute Gasteiger partial charge is 0.141 e. The van der Waals surface area contributed by atoms with Crippen molar-refractivity contribution in [2.75, 3.05) is 7.11 Å². The van der Waals surface area contributed by atoms with Crippen molar-refractivity contribution in [2.24, 2.45) is 0 Å². The number of nitrogens with one attached hydrogen (secondary N) is 1. The molecule has 1 aromatic carbocycles. The fourth-order valence-electron chi connectivity index (χ4n) is 1.77. The largest absolute Gasteiger partial charge is 0.497 e. The fraction of sp³-hybridized carbons (Fsp3) is 0.312. The highest BCUT2D eigenvalue weighted by molar-refractivity contribution is 9.10. The van der Waals surface area contributed by atoms with Gasteiger partial charge in [-0.25, -0.2) is 0 Å². The van der Waals surface area contributed by atoms with Gasteiger partial charge in [0.05, 0.1) is 11.6 Å². The summed E-state index contributed by atoms with van der Waals surface area (Å²) < 4.78 is 12.0. The summed E-state index contributed by atoms with van der Waals surface area (Å²) in [5, 5.41) is 3.37. The van der Waals surface area contributed by atoms with Crippen LogP contribution >= 0.6 is 15.9 Å². The summed E-state index contributed by atoms with van der Waals surface area (Å²) in [6.45, 7) is 4.93. The van der Waals surface area contributed by atoms with Crippen LogP contribution in [0, 0.1) is 0 Å². The van der Waals surface area contributed by atoms with Crippen molar-refractivity contribution in [1.29, 1.82) is 0 Å². The highest BCUT2D eigenvalue weighted by Gasteiger charge is 2.09. The summed E-state index contributed by atoms with van der Waals surface area (Å²) >= 11 is 3.50. The highest BCUT2D eigenvalue weighted by Crippen LogP contribution is 2.33. The number of hydrogen-bond donors (Lipinski definition) is 1. The fourth-order valence-corrected chi connectivity index (χ4v) is 2.21. The maximum Gasteiger partial charge on any atom is 0.141 e. The first-order chi connectivity index (χ1) is 10.1. The Kier molecular flexibility index (Phi) is 5.59. The number of nitrogens with zero attached hydrogens (tertiary/aromatic N) is 1. The van der Waals surface area contributed by atoms with Gasteiger partial charge in [0.25, 0.3) is 0 Å². The van der Waals surface area contributed by atoms with E-state index in [0.717, 1.165) is 27.3 Å². The van der Waals surface area contributed by atoms with Crippen LogP contribution in [-0.4, -0.2) is 18.1 Å². The first kappa shape index (κ1) is 15.8. The van der Waals surface area contributed by atoms with E-state index in [0.29, 0.717) is 12.6 Å². The molecule has 21 heavy (non-hydrogen) atoms. The number of aromatic nitrogens is 1. The second kappa shape index (κ2) is 7.43. The van der Waals surface area contributed by atoms with Gasteiger partial charge < -0.3 is 14.8 Å². The molecular formula is C16H19BrN2O2. The van der Waals surface area contributed by atoms with Crippen LogP contribution in [0.25, 0.3) is 0 Å². The van der Waals surface area contributed by atoms with Gasteiger partial charge in [-0.1, -0.05) is 13.8 Å². The minimum atomic E-state index is 0.408. The summed E-state index contributed by atoms with van der Waals surface area (Å²) in [6, 6.07) is 7.90. The van der Waals surface area contributed by atoms with Crippen molar-refractivity contribution in [2.45, 2.75) is 26.4 Å². The Hall–Kier alpha value is -1.59. The quantitative estimate of drug-likeness (QED) is 0.849. The van der Waals surface area contributed by atoms with Crippen LogP contribution in [0.4, 0.5) is 0 Å². The van der Waals surface area contributed by atoms with Crippen molar-refractivity contribution in [1.82, 2.24) is 10.3 Å². The Morgan fingerprint density at radius 3 is 2.71 bits per heavy atom. The Labute approximate surface area is 133 Å². The van der Waals surface area contributed by atoms with Crippen molar-refractivity contribution < 1.29 is 9.47 Å². The van der Waals surface area contributed by atoms with Crippen LogP contribution in [-0.2, 0) is 6.54 Å². The first-order valence-corrected chi connectivity index (χ1v) is 7.57. The number of pyridine rings is 1. The van der Waals surface area contributed by atoms with Crippen LogP contribution in [0.5, 0.6) is 17.2 Å². The summed E-state index contributed by atoms with van der Waals surface area (Å²) in [5.41, 5.74) is 1.02. The van der Waals surface area contributed by atoms with E-state index in [1.54, 1.807) is 13.3 Å². The highest BCUT2D eigenvalue weighted by atomic mass is 79.9. The molecule has 0 atom stereocenters. The van der Waals surface area contributed by atoms with Crippen molar-refractivity contribution in [3.63, 3.8) is 0 Å². The molecule has 1 aromatic heterocycles. The zero-order chi connectivity index (χ0) is 15.2. The molecule has 0 saturated carbocycles. The molecule has 1 heterocycles. The van der Waals surface area contributed by atoms with E-state index in [1.807, 2.05) is 30.5 Å². The van der Waals surface area contributed by atoms with Crippen LogP contribution < -0.4 is 14.8 Å². The Balaban J connectivity index is 2.19. The molecule has 0 aliphatic rings. The lowest BCUT2D eigenvalue weighted by Crippen LogP contribution is -2.22. The number of rotatable bonds is 6. The molecule has 112 valence electrons. The molecule has 5 heteroatoms. The number of halogens is 1. The third-order valence-electron chi connectivity index (χ3n) is 2.92. The lowest BCUT2D eigenvalue weighted by Gasteiger charge is -2.14. The van der Waals surface area contributed by atoms with Crippen molar-refractivity contribution >= 4 is 15.9 Å². The second-order valence-electron chi connectivity index (χ2n) is 4.92. The zero-order valence-electron chi connectivity index (χ0n) is 12.4. The first-order valence-electron chi connectivity index (χ1n) is 6.78. The number of benzene rings is 1. The molecule has 0 aliphatic heterocycles. The van der Waals surface area contributed by atoms with Crippen molar-refractivity contribution in [3.05, 3.63) is 46.7 Å². The predicted octanol–water partition coefficient (Wildman–Crippen LogP) is 4.14. The minimum absolute atomic E-state index is 0.408. The van der Waals surface area contributed by atoms with E-state index in [4.69, 9.17) is 9.47 Å². The van der Waals surface area contributed by atoms with Crippen LogP contribution in [0.15, 0.2) is 41.1 Å². The predicted molar refractivity (Wildman–Crippen MR) is 87.0 cm³/mol. The maximum absolute atomic E-state index is 5.99. The van der Waals surface area contributed by atoms with Gasteiger partial charge in [-0.2, -0.15) is 0 Å². The van der Waals surface area contributed by atoms with Crippen LogP contribution in [0.2, 0.25) is 0 Å². The average molecular weight is 351 g/mol. The molecule has 0 amide bonds. The molecule has 2 aromatic rings. The topological polar surface area (TPSA) is 43.4 Å². The molecule has 0 radical (unpaired) electrons. The third-order valence-corrected chi connectivity index (χ3v) is 3.54. The van der Waals surface area contributed by atoms with Gasteiger partial charge in [-0.15, -0.1) is 0 Å². The summed E-state index contributed by atoms with van der Waals surface area (Å²) in [6.07, 6.45) is 3.55. The summed E-state index contributed by atoms with van der Waals surface area (Å²) in [5.74, 6) is 2.32. The molecule has 4 nitrogen and oxygen atoms in total. The molecule has 0 spiro atoms. The SMILES string of the molecule is COc1ccc(Oc2ccncc2CNC(C)C)c(Br)c1. The van der Waals surface area contributed by atoms with Gasteiger partial charge in [0.2, 0.25) is 0 Å². The van der Waals surface area contributed by atoms with E-state index in [2.05, 4.69) is 40.1 Å². The van der Waals surface area contributed by atoms with Gasteiger partial charge in [-0.05, 0) is 40.2 Å². The zero-order valence-corrected chi connectivity index (χ0v) is 14.0. The van der Waals surface area contributed by atoms with Gasteiger partial charge in [-0.3, -0.25) is 4.98 Å². The van der Waals surface area contributed by atoms with Crippen LogP contribution in [0.3, 0.4) is 0 Å². The van der Waals surface area contributed by atoms with E-state index < -0.39 is 0 Å². The average Bonchev–Trinajstić information content (AvgIpc) is 2.48. The Morgan fingerprint density at radius 1 is 1.24 bits per heavy atom. The standard InChI is InChI=1S/C16H19BrN2O2/c1-11(2)19-10-12-9-18-7-6-15(12)21-16-5-4-13(20-3)8-14(16)17/h4-9,11,19H,10H2,1-3H3. The van der Waals surface area contributed by atoms with E-state index >= 15 is 0 Å².